The fourth-order valence-electron chi connectivity index (χ4n) is 2.52. The highest BCUT2D eigenvalue weighted by Gasteiger charge is 2.26. The summed E-state index contributed by atoms with van der Waals surface area (Å²) in [4.78, 5) is 24.8. The molecule has 0 aromatic heterocycles. The van der Waals surface area contributed by atoms with Gasteiger partial charge in [-0.15, -0.1) is 0 Å². The van der Waals surface area contributed by atoms with Gasteiger partial charge in [0.1, 0.15) is 5.82 Å². The minimum Gasteiger partial charge on any atom is -0.396 e. The van der Waals surface area contributed by atoms with Crippen LogP contribution in [-0.2, 0) is 4.79 Å². The third kappa shape index (κ3) is 3.07. The summed E-state index contributed by atoms with van der Waals surface area (Å²) >= 11 is 0. The van der Waals surface area contributed by atoms with Gasteiger partial charge in [0, 0.05) is 19.5 Å². The lowest BCUT2D eigenvalue weighted by atomic mass is 9.93. The molecule has 108 valence electrons. The zero-order valence-corrected chi connectivity index (χ0v) is 11.1. The van der Waals surface area contributed by atoms with Gasteiger partial charge in [0.25, 0.3) is 5.91 Å². The van der Waals surface area contributed by atoms with E-state index in [0.717, 1.165) is 12.8 Å². The number of benzene rings is 1. The Kier molecular flexibility index (Phi) is 4.22. The van der Waals surface area contributed by atoms with Gasteiger partial charge in [-0.25, -0.2) is 4.39 Å². The largest absolute Gasteiger partial charge is 0.396 e. The molecule has 4 N–H and O–H groups in total. The highest BCUT2D eigenvalue weighted by atomic mass is 19.1. The molecule has 0 spiro atoms. The lowest BCUT2D eigenvalue weighted by Gasteiger charge is -2.31. The topological polar surface area (TPSA) is 89.4 Å². The number of piperidine rings is 1. The number of nitrogens with zero attached hydrogens (tertiary/aromatic N) is 1. The number of carbonyl (C=O) groups is 2. The van der Waals surface area contributed by atoms with Crippen molar-refractivity contribution >= 4 is 17.5 Å². The minimum atomic E-state index is -0.584. The normalized spacial score (nSPS) is 16.1. The van der Waals surface area contributed by atoms with Crippen molar-refractivity contribution in [2.75, 3.05) is 18.8 Å². The molecule has 2 amide bonds. The number of nitrogens with two attached hydrogens (primary N) is 2. The van der Waals surface area contributed by atoms with Crippen LogP contribution >= 0.6 is 0 Å². The lowest BCUT2D eigenvalue weighted by molar-refractivity contribution is -0.119. The zero-order chi connectivity index (χ0) is 14.7. The molecular weight excluding hydrogens is 261 g/mol. The van der Waals surface area contributed by atoms with Gasteiger partial charge in [0.2, 0.25) is 5.91 Å². The smallest absolute Gasteiger partial charge is 0.256 e. The molecule has 0 saturated carbocycles. The molecular formula is C14H18FN3O2. The van der Waals surface area contributed by atoms with Gasteiger partial charge >= 0.3 is 0 Å². The summed E-state index contributed by atoms with van der Waals surface area (Å²) < 4.78 is 13.4. The minimum absolute atomic E-state index is 0.114. The first kappa shape index (κ1) is 14.3. The second kappa shape index (κ2) is 5.90. The van der Waals surface area contributed by atoms with E-state index >= 15 is 0 Å². The van der Waals surface area contributed by atoms with E-state index in [2.05, 4.69) is 0 Å². The Morgan fingerprint density at radius 2 is 1.95 bits per heavy atom. The molecule has 1 heterocycles. The zero-order valence-electron chi connectivity index (χ0n) is 11.1. The molecule has 1 fully saturated rings. The summed E-state index contributed by atoms with van der Waals surface area (Å²) in [6.45, 7) is 1.07. The Labute approximate surface area is 116 Å². The first-order valence-corrected chi connectivity index (χ1v) is 6.60. The SMILES string of the molecule is NC(=O)CC1CCN(C(=O)c2cccc(F)c2N)CC1. The highest BCUT2D eigenvalue weighted by molar-refractivity contribution is 5.99. The number of primary amides is 1. The third-order valence-corrected chi connectivity index (χ3v) is 3.67. The van der Waals surface area contributed by atoms with Crippen LogP contribution in [0.4, 0.5) is 10.1 Å². The maximum absolute atomic E-state index is 13.4. The van der Waals surface area contributed by atoms with Crippen molar-refractivity contribution in [1.29, 1.82) is 0 Å². The molecule has 1 aromatic carbocycles. The number of rotatable bonds is 3. The van der Waals surface area contributed by atoms with Crippen LogP contribution in [0.2, 0.25) is 0 Å². The Balaban J connectivity index is 2.02. The summed E-state index contributed by atoms with van der Waals surface area (Å²) in [5.74, 6) is -0.940. The molecule has 0 bridgehead atoms. The summed E-state index contributed by atoms with van der Waals surface area (Å²) in [6.07, 6.45) is 1.80. The van der Waals surface area contributed by atoms with E-state index in [1.165, 1.54) is 18.2 Å². The maximum Gasteiger partial charge on any atom is 0.256 e. The Bertz CT molecular complexity index is 525. The van der Waals surface area contributed by atoms with Crippen molar-refractivity contribution in [2.45, 2.75) is 19.3 Å². The van der Waals surface area contributed by atoms with Crippen LogP contribution in [0.25, 0.3) is 0 Å². The number of carbonyl (C=O) groups excluding carboxylic acids is 2. The predicted octanol–water partition coefficient (Wildman–Crippen LogP) is 1.14. The second-order valence-corrected chi connectivity index (χ2v) is 5.11. The Morgan fingerprint density at radius 1 is 1.30 bits per heavy atom. The van der Waals surface area contributed by atoms with Crippen molar-refractivity contribution < 1.29 is 14.0 Å². The third-order valence-electron chi connectivity index (χ3n) is 3.67. The first-order chi connectivity index (χ1) is 9.49. The van der Waals surface area contributed by atoms with E-state index < -0.39 is 5.82 Å². The number of para-hydroxylation sites is 1. The van der Waals surface area contributed by atoms with Gasteiger partial charge in [0.05, 0.1) is 11.3 Å². The van der Waals surface area contributed by atoms with Crippen LogP contribution in [0.3, 0.4) is 0 Å². The molecule has 6 heteroatoms. The average molecular weight is 279 g/mol. The molecule has 20 heavy (non-hydrogen) atoms. The van der Waals surface area contributed by atoms with Crippen LogP contribution in [0, 0.1) is 11.7 Å². The predicted molar refractivity (Wildman–Crippen MR) is 73.3 cm³/mol. The van der Waals surface area contributed by atoms with Crippen LogP contribution in [0.1, 0.15) is 29.6 Å². The summed E-state index contributed by atoms with van der Waals surface area (Å²) in [7, 11) is 0. The first-order valence-electron chi connectivity index (χ1n) is 6.60. The van der Waals surface area contributed by atoms with E-state index in [9.17, 15) is 14.0 Å². The fourth-order valence-corrected chi connectivity index (χ4v) is 2.52. The second-order valence-electron chi connectivity index (χ2n) is 5.11. The molecule has 1 aromatic rings. The number of anilines is 1. The average Bonchev–Trinajstić information content (AvgIpc) is 2.41. The number of likely N-dealkylation sites (tertiary alicyclic amines) is 1. The molecule has 1 aliphatic rings. The molecule has 0 radical (unpaired) electrons. The van der Waals surface area contributed by atoms with Crippen molar-refractivity contribution in [2.24, 2.45) is 11.7 Å². The van der Waals surface area contributed by atoms with E-state index in [-0.39, 0.29) is 29.0 Å². The van der Waals surface area contributed by atoms with Gasteiger partial charge in [-0.2, -0.15) is 0 Å². The van der Waals surface area contributed by atoms with Crippen LogP contribution in [-0.4, -0.2) is 29.8 Å². The molecule has 1 aliphatic heterocycles. The Hall–Kier alpha value is -2.11. The summed E-state index contributed by atoms with van der Waals surface area (Å²) in [5, 5.41) is 0. The molecule has 0 aliphatic carbocycles. The summed E-state index contributed by atoms with van der Waals surface area (Å²) in [6, 6.07) is 4.22. The molecule has 5 nitrogen and oxygen atoms in total. The van der Waals surface area contributed by atoms with Gasteiger partial charge in [-0.1, -0.05) is 6.07 Å². The van der Waals surface area contributed by atoms with Gasteiger partial charge in [0.15, 0.2) is 0 Å². The van der Waals surface area contributed by atoms with Gasteiger partial charge < -0.3 is 16.4 Å². The van der Waals surface area contributed by atoms with E-state index in [1.54, 1.807) is 4.90 Å². The van der Waals surface area contributed by atoms with Crippen molar-refractivity contribution in [3.05, 3.63) is 29.6 Å². The van der Waals surface area contributed by atoms with Crippen molar-refractivity contribution in [3.8, 4) is 0 Å². The fraction of sp³-hybridized carbons (Fsp3) is 0.429. The highest BCUT2D eigenvalue weighted by Crippen LogP contribution is 2.24. The Morgan fingerprint density at radius 3 is 2.55 bits per heavy atom. The quantitative estimate of drug-likeness (QED) is 0.813. The maximum atomic E-state index is 13.4. The van der Waals surface area contributed by atoms with E-state index in [0.29, 0.717) is 19.5 Å². The monoisotopic (exact) mass is 279 g/mol. The van der Waals surface area contributed by atoms with Gasteiger partial charge in [-0.05, 0) is 30.9 Å². The molecule has 0 atom stereocenters. The molecule has 1 saturated heterocycles. The van der Waals surface area contributed by atoms with Crippen LogP contribution in [0.5, 0.6) is 0 Å². The van der Waals surface area contributed by atoms with Crippen LogP contribution in [0.15, 0.2) is 18.2 Å². The summed E-state index contributed by atoms with van der Waals surface area (Å²) in [5.41, 5.74) is 10.8. The number of nitrogen functional groups attached to an aromatic ring is 1. The number of hydrogen-bond acceptors (Lipinski definition) is 3. The lowest BCUT2D eigenvalue weighted by Crippen LogP contribution is -2.39. The van der Waals surface area contributed by atoms with Crippen LogP contribution < -0.4 is 11.5 Å². The van der Waals surface area contributed by atoms with Crippen molar-refractivity contribution in [1.82, 2.24) is 4.90 Å². The van der Waals surface area contributed by atoms with Crippen molar-refractivity contribution in [3.63, 3.8) is 0 Å². The molecule has 0 unspecified atom stereocenters. The number of amides is 2. The standard InChI is InChI=1S/C14H18FN3O2/c15-11-3-1-2-10(13(11)17)14(20)18-6-4-9(5-7-18)8-12(16)19/h1-3,9H,4-8,17H2,(H2,16,19). The van der Waals surface area contributed by atoms with E-state index in [4.69, 9.17) is 11.5 Å². The van der Waals surface area contributed by atoms with Gasteiger partial charge in [-0.3, -0.25) is 9.59 Å². The number of halogens is 1. The molecule has 2 rings (SSSR count). The number of hydrogen-bond donors (Lipinski definition) is 2. The van der Waals surface area contributed by atoms with E-state index in [1.807, 2.05) is 0 Å².